The fraction of sp³-hybridized carbons (Fsp3) is 0.556. The largest absolute Gasteiger partial charge is 0.491 e. The number of hydrogen-bond donors (Lipinski definition) is 0. The lowest BCUT2D eigenvalue weighted by Crippen LogP contribution is -2.59. The van der Waals surface area contributed by atoms with Gasteiger partial charge in [0.05, 0.1) is 0 Å². The van der Waals surface area contributed by atoms with E-state index in [-0.39, 0.29) is 0 Å². The number of rotatable bonds is 12. The number of imide groups is 2. The Morgan fingerprint density at radius 2 is 0.909 bits per heavy atom. The highest BCUT2D eigenvalue weighted by atomic mass is 28.5. The minimum atomic E-state index is -3.63. The second kappa shape index (κ2) is 9.96. The van der Waals surface area contributed by atoms with E-state index >= 15 is 0 Å². The van der Waals surface area contributed by atoms with Crippen molar-refractivity contribution in [3.05, 3.63) is 24.3 Å². The molecule has 15 heteroatoms. The van der Waals surface area contributed by atoms with E-state index in [0.717, 1.165) is 34.1 Å². The molecule has 0 spiro atoms. The lowest BCUT2D eigenvalue weighted by atomic mass is 10.6. The normalized spacial score (nSPS) is 17.8. The van der Waals surface area contributed by atoms with Crippen LogP contribution in [0.15, 0.2) is 24.3 Å². The van der Waals surface area contributed by atoms with Gasteiger partial charge in [0.25, 0.3) is 23.6 Å². The molecule has 2 aliphatic heterocycles. The van der Waals surface area contributed by atoms with E-state index < -0.39 is 71.3 Å². The van der Waals surface area contributed by atoms with Crippen molar-refractivity contribution in [3.63, 3.8) is 0 Å². The van der Waals surface area contributed by atoms with Gasteiger partial charge in [-0.25, -0.2) is 0 Å². The van der Waals surface area contributed by atoms with E-state index in [9.17, 15) is 19.2 Å². The van der Waals surface area contributed by atoms with E-state index in [0.29, 0.717) is 0 Å². The first-order chi connectivity index (χ1) is 14.9. The van der Waals surface area contributed by atoms with Crippen molar-refractivity contribution < 1.29 is 40.4 Å². The molecule has 0 aliphatic carbocycles. The molecule has 184 valence electrons. The highest BCUT2D eigenvalue weighted by Gasteiger charge is 2.48. The van der Waals surface area contributed by atoms with E-state index in [1.807, 2.05) is 26.2 Å². The van der Waals surface area contributed by atoms with Gasteiger partial charge in [0.1, 0.15) is 13.5 Å². The van der Waals surface area contributed by atoms with Crippen molar-refractivity contribution in [1.29, 1.82) is 0 Å². The van der Waals surface area contributed by atoms with Crippen LogP contribution in [-0.2, 0) is 40.4 Å². The van der Waals surface area contributed by atoms with E-state index in [2.05, 4.69) is 19.6 Å². The predicted molar refractivity (Wildman–Crippen MR) is 127 cm³/mol. The summed E-state index contributed by atoms with van der Waals surface area (Å²) in [6.45, 7) is 14.5. The maximum absolute atomic E-state index is 11.9. The summed E-state index contributed by atoms with van der Waals surface area (Å²) in [5, 5.41) is 0. The summed E-state index contributed by atoms with van der Waals surface area (Å²) in [7, 11) is -11.0. The number of amides is 4. The molecule has 0 unspecified atom stereocenters. The lowest BCUT2D eigenvalue weighted by molar-refractivity contribution is -0.141. The molecule has 0 aromatic heterocycles. The quantitative estimate of drug-likeness (QED) is 0.273. The van der Waals surface area contributed by atoms with Gasteiger partial charge in [0, 0.05) is 30.9 Å². The molecule has 2 heterocycles. The molecule has 11 nitrogen and oxygen atoms in total. The van der Waals surface area contributed by atoms with Gasteiger partial charge in [-0.15, -0.1) is 0 Å². The standard InChI is InChI=1S/C18H32N2O9Si4/c1-30(2,3)27-31(4,5)28-32(6,7)29-33(8,25-13-19-15(21)9-10-16(19)22)26-14-20-17(23)11-12-18(20)24/h9-12H,13-14H2,1-8H3. The molecule has 0 atom stereocenters. The summed E-state index contributed by atoms with van der Waals surface area (Å²) in [5.74, 6) is -2.07. The Morgan fingerprint density at radius 3 is 1.24 bits per heavy atom. The summed E-state index contributed by atoms with van der Waals surface area (Å²) in [5.41, 5.74) is 0. The molecule has 0 aromatic rings. The summed E-state index contributed by atoms with van der Waals surface area (Å²) in [6, 6.07) is 0. The molecule has 0 fully saturated rings. The Morgan fingerprint density at radius 1 is 0.576 bits per heavy atom. The number of hydrogen-bond acceptors (Lipinski definition) is 9. The SMILES string of the molecule is C[Si](C)(C)O[Si](C)(C)O[Si](C)(C)O[Si](C)(OCN1C(=O)C=CC1=O)OCN1C(=O)C=CC1=O. The molecule has 0 saturated heterocycles. The van der Waals surface area contributed by atoms with Crippen molar-refractivity contribution >= 4 is 57.9 Å². The van der Waals surface area contributed by atoms with Crippen LogP contribution in [-0.4, -0.2) is 81.1 Å². The summed E-state index contributed by atoms with van der Waals surface area (Å²) >= 11 is 0. The van der Waals surface area contributed by atoms with Crippen LogP contribution in [0.5, 0.6) is 0 Å². The predicted octanol–water partition coefficient (Wildman–Crippen LogP) is 1.64. The van der Waals surface area contributed by atoms with Gasteiger partial charge >= 0.3 is 25.9 Å². The van der Waals surface area contributed by atoms with Crippen LogP contribution in [0.2, 0.25) is 52.4 Å². The lowest BCUT2D eigenvalue weighted by Gasteiger charge is -2.40. The van der Waals surface area contributed by atoms with Crippen molar-refractivity contribution in [2.24, 2.45) is 0 Å². The van der Waals surface area contributed by atoms with Crippen LogP contribution in [0.3, 0.4) is 0 Å². The van der Waals surface area contributed by atoms with E-state index in [1.54, 1.807) is 6.55 Å². The van der Waals surface area contributed by atoms with Crippen LogP contribution >= 0.6 is 0 Å². The van der Waals surface area contributed by atoms with E-state index in [1.165, 1.54) is 0 Å². The molecule has 0 saturated carbocycles. The maximum atomic E-state index is 11.9. The second-order valence-electron chi connectivity index (χ2n) is 9.50. The van der Waals surface area contributed by atoms with Crippen molar-refractivity contribution in [3.8, 4) is 0 Å². The Kier molecular flexibility index (Phi) is 8.35. The van der Waals surface area contributed by atoms with Gasteiger partial charge in [-0.05, 0) is 45.8 Å². The first kappa shape index (κ1) is 27.7. The van der Waals surface area contributed by atoms with Gasteiger partial charge in [-0.3, -0.25) is 29.0 Å². The average Bonchev–Trinajstić information content (AvgIpc) is 3.09. The van der Waals surface area contributed by atoms with Gasteiger partial charge in [0.2, 0.25) is 0 Å². The van der Waals surface area contributed by atoms with Crippen molar-refractivity contribution in [2.45, 2.75) is 52.4 Å². The monoisotopic (exact) mass is 532 g/mol. The zero-order valence-corrected chi connectivity index (χ0v) is 24.3. The Bertz CT molecular complexity index is 801. The first-order valence-corrected chi connectivity index (χ1v) is 21.6. The second-order valence-corrected chi connectivity index (χ2v) is 24.1. The van der Waals surface area contributed by atoms with Crippen molar-refractivity contribution in [1.82, 2.24) is 9.80 Å². The smallest absolute Gasteiger partial charge is 0.437 e. The molecule has 2 aliphatic rings. The summed E-state index contributed by atoms with van der Waals surface area (Å²) in [4.78, 5) is 49.4. The van der Waals surface area contributed by atoms with E-state index in [4.69, 9.17) is 21.2 Å². The summed E-state index contributed by atoms with van der Waals surface area (Å²) < 4.78 is 30.6. The molecular formula is C18H32N2O9Si4. The fourth-order valence-corrected chi connectivity index (χ4v) is 20.0. The minimum absolute atomic E-state index is 0.399. The minimum Gasteiger partial charge on any atom is -0.437 e. The molecule has 2 rings (SSSR count). The van der Waals surface area contributed by atoms with Gasteiger partial charge in [-0.2, -0.15) is 0 Å². The number of nitrogens with zero attached hydrogens (tertiary/aromatic N) is 2. The third-order valence-corrected chi connectivity index (χ3v) is 17.3. The summed E-state index contributed by atoms with van der Waals surface area (Å²) in [6.07, 6.45) is 4.57. The maximum Gasteiger partial charge on any atom is 0.491 e. The van der Waals surface area contributed by atoms with Crippen LogP contribution < -0.4 is 0 Å². The zero-order chi connectivity index (χ0) is 25.2. The average molecular weight is 533 g/mol. The van der Waals surface area contributed by atoms with Crippen LogP contribution in [0.1, 0.15) is 0 Å². The third kappa shape index (κ3) is 8.30. The highest BCUT2D eigenvalue weighted by Crippen LogP contribution is 2.25. The molecule has 0 N–H and O–H groups in total. The Labute approximate surface area is 198 Å². The van der Waals surface area contributed by atoms with Crippen LogP contribution in [0.25, 0.3) is 0 Å². The number of carbonyl (C=O) groups excluding carboxylic acids is 4. The molecule has 0 bridgehead atoms. The Hall–Kier alpha value is -1.57. The molecule has 33 heavy (non-hydrogen) atoms. The highest BCUT2D eigenvalue weighted by molar-refractivity contribution is 6.87. The molecule has 4 amide bonds. The van der Waals surface area contributed by atoms with Gasteiger partial charge in [0.15, 0.2) is 8.32 Å². The molecular weight excluding hydrogens is 501 g/mol. The zero-order valence-electron chi connectivity index (χ0n) is 20.3. The third-order valence-electron chi connectivity index (χ3n) is 4.19. The first-order valence-electron chi connectivity index (χ1n) is 10.4. The fourth-order valence-electron chi connectivity index (χ4n) is 3.40. The number of carbonyl (C=O) groups is 4. The Balaban J connectivity index is 2.15. The molecule has 0 aromatic carbocycles. The van der Waals surface area contributed by atoms with Crippen LogP contribution in [0.4, 0.5) is 0 Å². The van der Waals surface area contributed by atoms with Crippen LogP contribution in [0, 0.1) is 0 Å². The van der Waals surface area contributed by atoms with Crippen molar-refractivity contribution in [2.75, 3.05) is 13.5 Å². The molecule has 0 radical (unpaired) electrons. The topological polar surface area (TPSA) is 121 Å². The van der Waals surface area contributed by atoms with Gasteiger partial charge < -0.3 is 21.2 Å². The van der Waals surface area contributed by atoms with Gasteiger partial charge in [-0.1, -0.05) is 0 Å².